The van der Waals surface area contributed by atoms with Gasteiger partial charge < -0.3 is 15.4 Å². The van der Waals surface area contributed by atoms with E-state index in [1.807, 2.05) is 13.8 Å². The molecule has 8 heteroatoms. The van der Waals surface area contributed by atoms with Crippen molar-refractivity contribution in [2.75, 3.05) is 27.2 Å². The van der Waals surface area contributed by atoms with Gasteiger partial charge in [-0.05, 0) is 57.5 Å². The predicted molar refractivity (Wildman–Crippen MR) is 100 cm³/mol. The van der Waals surface area contributed by atoms with Crippen molar-refractivity contribution >= 4 is 15.9 Å². The minimum Gasteiger partial charge on any atom is -0.368 e. The van der Waals surface area contributed by atoms with Gasteiger partial charge in [-0.15, -0.1) is 0 Å². The van der Waals surface area contributed by atoms with Gasteiger partial charge >= 0.3 is 0 Å². The highest BCUT2D eigenvalue weighted by Crippen LogP contribution is 2.23. The van der Waals surface area contributed by atoms with Crippen LogP contribution in [0.4, 0.5) is 0 Å². The molecule has 0 aromatic heterocycles. The van der Waals surface area contributed by atoms with E-state index in [0.717, 1.165) is 18.7 Å². The third-order valence-electron chi connectivity index (χ3n) is 5.00. The Hall–Kier alpha value is -1.48. The monoisotopic (exact) mass is 383 g/mol. The zero-order valence-electron chi connectivity index (χ0n) is 15.9. The smallest absolute Gasteiger partial charge is 0.252 e. The summed E-state index contributed by atoms with van der Waals surface area (Å²) in [7, 11) is -0.366. The molecule has 1 aliphatic rings. The molecule has 2 rings (SSSR count). The molecule has 1 aromatic carbocycles. The van der Waals surface area contributed by atoms with E-state index >= 15 is 0 Å². The summed E-state index contributed by atoms with van der Waals surface area (Å²) < 4.78 is 31.8. The number of benzene rings is 1. The van der Waals surface area contributed by atoms with E-state index in [4.69, 9.17) is 4.74 Å². The Labute approximate surface area is 156 Å². The summed E-state index contributed by atoms with van der Waals surface area (Å²) in [5.74, 6) is -0.127. The number of hydrogen-bond acceptors (Lipinski definition) is 5. The van der Waals surface area contributed by atoms with Crippen LogP contribution in [0.5, 0.6) is 0 Å². The number of amides is 1. The molecule has 0 atom stereocenters. The van der Waals surface area contributed by atoms with E-state index in [9.17, 15) is 13.2 Å². The quantitative estimate of drug-likeness (QED) is 0.736. The summed E-state index contributed by atoms with van der Waals surface area (Å²) in [5, 5.41) is 6.13. The van der Waals surface area contributed by atoms with Gasteiger partial charge in [-0.1, -0.05) is 12.1 Å². The summed E-state index contributed by atoms with van der Waals surface area (Å²) in [4.78, 5) is 12.8. The van der Waals surface area contributed by atoms with Crippen molar-refractivity contribution in [3.05, 3.63) is 29.8 Å². The topological polar surface area (TPSA) is 87.7 Å². The van der Waals surface area contributed by atoms with Crippen LogP contribution < -0.4 is 10.6 Å². The fourth-order valence-corrected chi connectivity index (χ4v) is 4.29. The Kier molecular flexibility index (Phi) is 6.79. The van der Waals surface area contributed by atoms with Crippen molar-refractivity contribution in [1.29, 1.82) is 0 Å². The van der Waals surface area contributed by atoms with Gasteiger partial charge in [0.2, 0.25) is 10.0 Å². The maximum atomic E-state index is 12.5. The highest BCUT2D eigenvalue weighted by molar-refractivity contribution is 7.89. The number of hydrogen-bond donors (Lipinski definition) is 2. The van der Waals surface area contributed by atoms with Crippen LogP contribution in [0.15, 0.2) is 29.2 Å². The standard InChI is InChI=1S/C18H29N3O4S/c1-14(2)21(3)26(23,24)16-7-5-15(6-8-16)13-20-17(22)18(25-4)9-11-19-12-10-18/h5-8,14,19H,9-13H2,1-4H3,(H,20,22). The van der Waals surface area contributed by atoms with E-state index in [1.165, 1.54) is 4.31 Å². The lowest BCUT2D eigenvalue weighted by Gasteiger charge is -2.34. The molecule has 2 N–H and O–H groups in total. The summed E-state index contributed by atoms with van der Waals surface area (Å²) in [5.41, 5.74) is 0.0544. The first-order chi connectivity index (χ1) is 12.2. The van der Waals surface area contributed by atoms with Crippen molar-refractivity contribution in [3.63, 3.8) is 0 Å². The van der Waals surface area contributed by atoms with Crippen LogP contribution in [-0.4, -0.2) is 57.5 Å². The second-order valence-electron chi connectivity index (χ2n) is 6.89. The van der Waals surface area contributed by atoms with Crippen LogP contribution in [0.25, 0.3) is 0 Å². The molecule has 1 aliphatic heterocycles. The van der Waals surface area contributed by atoms with E-state index in [-0.39, 0.29) is 16.8 Å². The van der Waals surface area contributed by atoms with Crippen molar-refractivity contribution < 1.29 is 17.9 Å². The van der Waals surface area contributed by atoms with Crippen LogP contribution in [-0.2, 0) is 26.1 Å². The van der Waals surface area contributed by atoms with Crippen LogP contribution in [0, 0.1) is 0 Å². The Morgan fingerprint density at radius 3 is 2.35 bits per heavy atom. The largest absolute Gasteiger partial charge is 0.368 e. The lowest BCUT2D eigenvalue weighted by Crippen LogP contribution is -2.53. The zero-order valence-corrected chi connectivity index (χ0v) is 16.7. The Bertz CT molecular complexity index is 710. The molecule has 0 aliphatic carbocycles. The van der Waals surface area contributed by atoms with Crippen molar-refractivity contribution in [2.45, 2.75) is 49.8 Å². The predicted octanol–water partition coefficient (Wildman–Crippen LogP) is 1.10. The van der Waals surface area contributed by atoms with Crippen molar-refractivity contribution in [1.82, 2.24) is 14.9 Å². The zero-order chi connectivity index (χ0) is 19.4. The van der Waals surface area contributed by atoms with E-state index in [2.05, 4.69) is 10.6 Å². The molecule has 146 valence electrons. The van der Waals surface area contributed by atoms with Crippen LogP contribution in [0.3, 0.4) is 0 Å². The number of ether oxygens (including phenoxy) is 1. The molecule has 26 heavy (non-hydrogen) atoms. The molecular weight excluding hydrogens is 354 g/mol. The van der Waals surface area contributed by atoms with E-state index < -0.39 is 15.6 Å². The first-order valence-electron chi connectivity index (χ1n) is 8.84. The van der Waals surface area contributed by atoms with Crippen molar-refractivity contribution in [2.24, 2.45) is 0 Å². The van der Waals surface area contributed by atoms with Gasteiger partial charge in [-0.25, -0.2) is 8.42 Å². The number of nitrogens with zero attached hydrogens (tertiary/aromatic N) is 1. The maximum absolute atomic E-state index is 12.5. The van der Waals surface area contributed by atoms with E-state index in [0.29, 0.717) is 19.4 Å². The molecule has 0 spiro atoms. The number of piperidine rings is 1. The molecule has 0 saturated carbocycles. The second kappa shape index (κ2) is 8.47. The normalized spacial score (nSPS) is 17.5. The third kappa shape index (κ3) is 4.43. The molecule has 0 radical (unpaired) electrons. The number of rotatable bonds is 7. The number of nitrogens with one attached hydrogen (secondary N) is 2. The summed E-state index contributed by atoms with van der Waals surface area (Å²) in [6, 6.07) is 6.49. The van der Waals surface area contributed by atoms with Gasteiger partial charge in [0.25, 0.3) is 5.91 Å². The van der Waals surface area contributed by atoms with E-state index in [1.54, 1.807) is 38.4 Å². The maximum Gasteiger partial charge on any atom is 0.252 e. The lowest BCUT2D eigenvalue weighted by molar-refractivity contribution is -0.146. The Balaban J connectivity index is 2.02. The molecule has 1 heterocycles. The average molecular weight is 384 g/mol. The molecule has 1 saturated heterocycles. The lowest BCUT2D eigenvalue weighted by atomic mass is 9.91. The molecule has 0 bridgehead atoms. The molecule has 1 aromatic rings. The number of sulfonamides is 1. The summed E-state index contributed by atoms with van der Waals surface area (Å²) in [6.45, 7) is 5.48. The summed E-state index contributed by atoms with van der Waals surface area (Å²) >= 11 is 0. The second-order valence-corrected chi connectivity index (χ2v) is 8.89. The van der Waals surface area contributed by atoms with Crippen LogP contribution in [0.1, 0.15) is 32.3 Å². The number of carbonyl (C=O) groups is 1. The van der Waals surface area contributed by atoms with Gasteiger partial charge in [0.05, 0.1) is 4.90 Å². The van der Waals surface area contributed by atoms with Gasteiger partial charge in [0, 0.05) is 26.7 Å². The summed E-state index contributed by atoms with van der Waals surface area (Å²) in [6.07, 6.45) is 1.27. The Morgan fingerprint density at radius 1 is 1.27 bits per heavy atom. The SMILES string of the molecule is COC1(C(=O)NCc2ccc(S(=O)(=O)N(C)C(C)C)cc2)CCNCC1. The van der Waals surface area contributed by atoms with Gasteiger partial charge in [0.15, 0.2) is 0 Å². The minimum atomic E-state index is -3.50. The molecule has 1 fully saturated rings. The van der Waals surface area contributed by atoms with Gasteiger partial charge in [-0.2, -0.15) is 4.31 Å². The van der Waals surface area contributed by atoms with Gasteiger partial charge in [-0.3, -0.25) is 4.79 Å². The first-order valence-corrected chi connectivity index (χ1v) is 10.3. The van der Waals surface area contributed by atoms with Crippen molar-refractivity contribution in [3.8, 4) is 0 Å². The molecule has 1 amide bonds. The number of methoxy groups -OCH3 is 1. The highest BCUT2D eigenvalue weighted by Gasteiger charge is 2.39. The molecular formula is C18H29N3O4S. The number of carbonyl (C=O) groups excluding carboxylic acids is 1. The fraction of sp³-hybridized carbons (Fsp3) is 0.611. The minimum absolute atomic E-state index is 0.116. The van der Waals surface area contributed by atoms with Crippen LogP contribution >= 0.6 is 0 Å². The molecule has 7 nitrogen and oxygen atoms in total. The van der Waals surface area contributed by atoms with Gasteiger partial charge in [0.1, 0.15) is 5.60 Å². The third-order valence-corrected chi connectivity index (χ3v) is 7.04. The van der Waals surface area contributed by atoms with Crippen LogP contribution in [0.2, 0.25) is 0 Å². The molecule has 0 unspecified atom stereocenters. The first kappa shape index (κ1) is 20.8. The Morgan fingerprint density at radius 2 is 1.85 bits per heavy atom. The average Bonchev–Trinajstić information content (AvgIpc) is 2.66. The highest BCUT2D eigenvalue weighted by atomic mass is 32.2. The fourth-order valence-electron chi connectivity index (χ4n) is 2.92.